The fourth-order valence-corrected chi connectivity index (χ4v) is 0.580. The molecule has 0 saturated carbocycles. The zero-order chi connectivity index (χ0) is 6.85. The quantitative estimate of drug-likeness (QED) is 0.436. The van der Waals surface area contributed by atoms with Crippen LogP contribution >= 0.6 is 0 Å². The average Bonchev–Trinajstić information content (AvgIpc) is 1.59. The molecule has 1 aromatic carbocycles. The molecule has 0 bridgehead atoms. The summed E-state index contributed by atoms with van der Waals surface area (Å²) >= 11 is 0. The molecule has 0 amide bonds. The van der Waals surface area contributed by atoms with Gasteiger partial charge in [-0.25, -0.2) is 0 Å². The molecule has 0 saturated heterocycles. The molecule has 12 heavy (non-hydrogen) atoms. The second-order valence-corrected chi connectivity index (χ2v) is 1.71. The van der Waals surface area contributed by atoms with Crippen molar-refractivity contribution >= 4 is 0 Å². The van der Waals surface area contributed by atoms with E-state index in [0.29, 0.717) is 0 Å². The van der Waals surface area contributed by atoms with Gasteiger partial charge in [0.15, 0.2) is 0 Å². The van der Waals surface area contributed by atoms with Crippen LogP contribution in [-0.4, -0.2) is 31.7 Å². The van der Waals surface area contributed by atoms with Crippen molar-refractivity contribution < 1.29 is 31.7 Å². The minimum absolute atomic E-state index is 0. The van der Waals surface area contributed by atoms with Crippen LogP contribution < -0.4 is 0 Å². The maximum Gasteiger partial charge on any atom is 0.122 e. The van der Waals surface area contributed by atoms with Gasteiger partial charge in [0.05, 0.1) is 0 Å². The molecule has 0 aromatic heterocycles. The molecule has 0 spiro atoms. The Labute approximate surface area is 68.3 Å². The fourth-order valence-electron chi connectivity index (χ4n) is 0.580. The SMILES string of the molecule is O.O.O.Oc1cc(O)cc(O)c1. The Bertz CT molecular complexity index is 173. The standard InChI is InChI=1S/C6H6O3.3H2O/c7-4-1-5(8)3-6(9)2-4;;;/h1-3,7-9H;3*1H2. The molecule has 6 heteroatoms. The third-order valence-corrected chi connectivity index (χ3v) is 0.887. The summed E-state index contributed by atoms with van der Waals surface area (Å²) in [7, 11) is 0. The zero-order valence-electron chi connectivity index (χ0n) is 6.07. The third kappa shape index (κ3) is 4.34. The number of aromatic hydroxyl groups is 3. The zero-order valence-corrected chi connectivity index (χ0v) is 6.07. The predicted molar refractivity (Wildman–Crippen MR) is 42.3 cm³/mol. The lowest BCUT2D eigenvalue weighted by Crippen LogP contribution is -1.66. The number of phenolic OH excluding ortho intramolecular Hbond substituents is 3. The van der Waals surface area contributed by atoms with E-state index in [2.05, 4.69) is 0 Å². The summed E-state index contributed by atoms with van der Waals surface area (Å²) in [4.78, 5) is 0. The second-order valence-electron chi connectivity index (χ2n) is 1.71. The lowest BCUT2D eigenvalue weighted by atomic mass is 10.3. The van der Waals surface area contributed by atoms with Crippen LogP contribution in [0.4, 0.5) is 0 Å². The van der Waals surface area contributed by atoms with Gasteiger partial charge in [-0.1, -0.05) is 0 Å². The lowest BCUT2D eigenvalue weighted by molar-refractivity contribution is 0.428. The summed E-state index contributed by atoms with van der Waals surface area (Å²) in [6.07, 6.45) is 0. The maximum absolute atomic E-state index is 8.67. The number of phenols is 3. The molecule has 0 fully saturated rings. The highest BCUT2D eigenvalue weighted by atomic mass is 16.3. The molecule has 1 rings (SSSR count). The molecule has 0 aliphatic heterocycles. The largest absolute Gasteiger partial charge is 0.508 e. The summed E-state index contributed by atoms with van der Waals surface area (Å²) < 4.78 is 0. The molecule has 1 aromatic rings. The Balaban J connectivity index is -0.000000270. The summed E-state index contributed by atoms with van der Waals surface area (Å²) in [5.74, 6) is -0.437. The summed E-state index contributed by atoms with van der Waals surface area (Å²) in [5.41, 5.74) is 0. The Morgan fingerprint density at radius 2 is 0.750 bits per heavy atom. The monoisotopic (exact) mass is 180 g/mol. The Kier molecular flexibility index (Phi) is 8.74. The lowest BCUT2D eigenvalue weighted by Gasteiger charge is -1.94. The van der Waals surface area contributed by atoms with E-state index in [1.54, 1.807) is 0 Å². The van der Waals surface area contributed by atoms with Gasteiger partial charge in [0.25, 0.3) is 0 Å². The van der Waals surface area contributed by atoms with Crippen molar-refractivity contribution in [2.75, 3.05) is 0 Å². The van der Waals surface area contributed by atoms with Gasteiger partial charge < -0.3 is 31.7 Å². The number of hydrogen-bond acceptors (Lipinski definition) is 3. The van der Waals surface area contributed by atoms with E-state index >= 15 is 0 Å². The van der Waals surface area contributed by atoms with Crippen LogP contribution in [-0.2, 0) is 0 Å². The molecular formula is C6H12O6. The van der Waals surface area contributed by atoms with Crippen LogP contribution in [0.15, 0.2) is 18.2 Å². The Hall–Kier alpha value is -1.50. The van der Waals surface area contributed by atoms with E-state index in [4.69, 9.17) is 15.3 Å². The van der Waals surface area contributed by atoms with Crippen LogP contribution in [0.2, 0.25) is 0 Å². The van der Waals surface area contributed by atoms with Crippen molar-refractivity contribution in [1.29, 1.82) is 0 Å². The summed E-state index contributed by atoms with van der Waals surface area (Å²) in [6, 6.07) is 3.42. The minimum atomic E-state index is -0.146. The van der Waals surface area contributed by atoms with Crippen molar-refractivity contribution in [3.05, 3.63) is 18.2 Å². The minimum Gasteiger partial charge on any atom is -0.508 e. The normalized spacial score (nSPS) is 7.00. The molecule has 0 unspecified atom stereocenters. The van der Waals surface area contributed by atoms with E-state index in [1.807, 2.05) is 0 Å². The van der Waals surface area contributed by atoms with Gasteiger partial charge in [0, 0.05) is 18.2 Å². The Morgan fingerprint density at radius 3 is 0.917 bits per heavy atom. The van der Waals surface area contributed by atoms with Gasteiger partial charge in [-0.2, -0.15) is 0 Å². The number of hydrogen-bond donors (Lipinski definition) is 3. The van der Waals surface area contributed by atoms with Gasteiger partial charge in [-0.3, -0.25) is 0 Å². The van der Waals surface area contributed by atoms with Crippen LogP contribution in [0.1, 0.15) is 0 Å². The van der Waals surface area contributed by atoms with Gasteiger partial charge in [0.2, 0.25) is 0 Å². The smallest absolute Gasteiger partial charge is 0.122 e. The first-order valence-electron chi connectivity index (χ1n) is 2.40. The van der Waals surface area contributed by atoms with Crippen molar-refractivity contribution in [3.63, 3.8) is 0 Å². The van der Waals surface area contributed by atoms with Crippen molar-refractivity contribution in [2.45, 2.75) is 0 Å². The molecule has 6 nitrogen and oxygen atoms in total. The Morgan fingerprint density at radius 1 is 0.583 bits per heavy atom. The summed E-state index contributed by atoms with van der Waals surface area (Å²) in [5, 5.41) is 26.0. The molecule has 0 radical (unpaired) electrons. The second kappa shape index (κ2) is 6.23. The molecule has 0 aliphatic carbocycles. The van der Waals surface area contributed by atoms with Crippen molar-refractivity contribution in [2.24, 2.45) is 0 Å². The van der Waals surface area contributed by atoms with E-state index in [0.717, 1.165) is 18.2 Å². The predicted octanol–water partition coefficient (Wildman–Crippen LogP) is -1.67. The highest BCUT2D eigenvalue weighted by Crippen LogP contribution is 2.23. The fraction of sp³-hybridized carbons (Fsp3) is 0. The van der Waals surface area contributed by atoms with E-state index in [-0.39, 0.29) is 33.7 Å². The van der Waals surface area contributed by atoms with Crippen LogP contribution in [0.3, 0.4) is 0 Å². The average molecular weight is 180 g/mol. The van der Waals surface area contributed by atoms with Gasteiger partial charge in [-0.15, -0.1) is 0 Å². The highest BCUT2D eigenvalue weighted by Gasteiger charge is 1.94. The number of benzene rings is 1. The van der Waals surface area contributed by atoms with Gasteiger partial charge in [0.1, 0.15) is 17.2 Å². The van der Waals surface area contributed by atoms with Crippen molar-refractivity contribution in [3.8, 4) is 17.2 Å². The maximum atomic E-state index is 8.67. The van der Waals surface area contributed by atoms with Gasteiger partial charge >= 0.3 is 0 Å². The first-order valence-corrected chi connectivity index (χ1v) is 2.40. The molecule has 72 valence electrons. The third-order valence-electron chi connectivity index (χ3n) is 0.887. The molecule has 9 N–H and O–H groups in total. The summed E-state index contributed by atoms with van der Waals surface area (Å²) in [6.45, 7) is 0. The first-order chi connectivity index (χ1) is 4.18. The van der Waals surface area contributed by atoms with Gasteiger partial charge in [-0.05, 0) is 0 Å². The van der Waals surface area contributed by atoms with Crippen LogP contribution in [0.25, 0.3) is 0 Å². The molecule has 0 aliphatic rings. The first kappa shape index (κ1) is 16.8. The van der Waals surface area contributed by atoms with Crippen LogP contribution in [0.5, 0.6) is 17.2 Å². The molecular weight excluding hydrogens is 168 g/mol. The molecule has 0 heterocycles. The van der Waals surface area contributed by atoms with E-state index < -0.39 is 0 Å². The van der Waals surface area contributed by atoms with Crippen molar-refractivity contribution in [1.82, 2.24) is 0 Å². The highest BCUT2D eigenvalue weighted by molar-refractivity contribution is 5.39. The number of rotatable bonds is 0. The van der Waals surface area contributed by atoms with Crippen LogP contribution in [0, 0.1) is 0 Å². The van der Waals surface area contributed by atoms with E-state index in [9.17, 15) is 0 Å². The molecule has 0 atom stereocenters. The van der Waals surface area contributed by atoms with E-state index in [1.165, 1.54) is 0 Å². The topological polar surface area (TPSA) is 155 Å².